The van der Waals surface area contributed by atoms with Gasteiger partial charge in [-0.05, 0) is 82.8 Å². The molecule has 4 rings (SSSR count). The Bertz CT molecular complexity index is 1350. The van der Waals surface area contributed by atoms with Gasteiger partial charge in [0.2, 0.25) is 0 Å². The van der Waals surface area contributed by atoms with Crippen LogP contribution in [0.5, 0.6) is 0 Å². The molecule has 1 saturated heterocycles. The first kappa shape index (κ1) is 20.2. The van der Waals surface area contributed by atoms with Crippen LogP contribution in [0.25, 0.3) is 5.57 Å². The number of ether oxygens (including phenoxy) is 1. The van der Waals surface area contributed by atoms with E-state index in [0.717, 1.165) is 0 Å². The van der Waals surface area contributed by atoms with Crippen molar-refractivity contribution in [3.63, 3.8) is 0 Å². The summed E-state index contributed by atoms with van der Waals surface area (Å²) in [6, 6.07) is 3.29. The molecule has 2 aromatic heterocycles. The molecule has 3 atom stereocenters. The minimum Gasteiger partial charge on any atom is -0.479 e. The van der Waals surface area contributed by atoms with Crippen molar-refractivity contribution < 1.29 is 24.9 Å². The molecule has 35 heavy (non-hydrogen) atoms. The molecule has 0 radical (unpaired) electrons. The number of carbonyl (C=O) groups excluding carboxylic acids is 1. The van der Waals surface area contributed by atoms with Gasteiger partial charge in [0.15, 0.2) is 11.4 Å². The summed E-state index contributed by atoms with van der Waals surface area (Å²) in [5, 5.41) is 12.6. The molecule has 0 spiro atoms. The Hall–Kier alpha value is -3.00. The number of aliphatic carboxylic acids is 1. The Kier molecular flexibility index (Phi) is 5.14. The van der Waals surface area contributed by atoms with Gasteiger partial charge in [-0.1, -0.05) is 19.9 Å². The second kappa shape index (κ2) is 8.90. The van der Waals surface area contributed by atoms with Crippen molar-refractivity contribution in [2.45, 2.75) is 90.7 Å². The number of hydrogen-bond donors (Lipinski definition) is 3. The molecule has 3 unspecified atom stereocenters. The van der Waals surface area contributed by atoms with Crippen LogP contribution in [0, 0.1) is 12.3 Å². The fourth-order valence-electron chi connectivity index (χ4n) is 4.71. The van der Waals surface area contributed by atoms with E-state index >= 15 is 0 Å². The summed E-state index contributed by atoms with van der Waals surface area (Å²) >= 11 is 0. The van der Waals surface area contributed by atoms with Gasteiger partial charge in [-0.3, -0.25) is 9.78 Å². The van der Waals surface area contributed by atoms with E-state index in [1.165, 1.54) is 13.1 Å². The molecule has 2 aromatic rings. The quantitative estimate of drug-likeness (QED) is 0.518. The minimum absolute atomic E-state index is 0.00479. The molecular formula is C27H36N4O4. The van der Waals surface area contributed by atoms with Crippen molar-refractivity contribution in [2.24, 2.45) is 5.41 Å². The average molecular weight is 485 g/mol. The zero-order valence-electron chi connectivity index (χ0n) is 25.1. The third-order valence-electron chi connectivity index (χ3n) is 6.39. The maximum absolute atomic E-state index is 13.0. The van der Waals surface area contributed by atoms with Gasteiger partial charge < -0.3 is 20.1 Å². The van der Waals surface area contributed by atoms with Gasteiger partial charge in [0.1, 0.15) is 0 Å². The van der Waals surface area contributed by atoms with Crippen LogP contribution in [0.1, 0.15) is 106 Å². The predicted molar refractivity (Wildman–Crippen MR) is 134 cm³/mol. The minimum atomic E-state index is -2.24. The second-order valence-electron chi connectivity index (χ2n) is 11.0. The lowest BCUT2D eigenvalue weighted by atomic mass is 9.77. The summed E-state index contributed by atoms with van der Waals surface area (Å²) in [7, 11) is 0. The number of H-pyrrole nitrogens is 1. The molecule has 1 aliphatic carbocycles. The van der Waals surface area contributed by atoms with Gasteiger partial charge in [0, 0.05) is 27.6 Å². The fourth-order valence-corrected chi connectivity index (χ4v) is 4.71. The zero-order chi connectivity index (χ0) is 29.1. The number of aromatic nitrogens is 3. The van der Waals surface area contributed by atoms with E-state index in [-0.39, 0.29) is 47.6 Å². The molecule has 8 heteroatoms. The van der Waals surface area contributed by atoms with Gasteiger partial charge in [0.05, 0.1) is 18.4 Å². The number of aromatic amines is 1. The van der Waals surface area contributed by atoms with E-state index in [1.54, 1.807) is 32.9 Å². The predicted octanol–water partition coefficient (Wildman–Crippen LogP) is 5.47. The highest BCUT2D eigenvalue weighted by atomic mass is 16.5. The number of hydrogen-bond acceptors (Lipinski definition) is 5. The van der Waals surface area contributed by atoms with E-state index < -0.39 is 41.3 Å². The highest BCUT2D eigenvalue weighted by Crippen LogP contribution is 2.45. The summed E-state index contributed by atoms with van der Waals surface area (Å²) in [5.74, 6) is -1.93. The van der Waals surface area contributed by atoms with Gasteiger partial charge in [-0.15, -0.1) is 0 Å². The monoisotopic (exact) mass is 484 g/mol. The number of nitrogens with zero attached hydrogens (tertiary/aromatic N) is 2. The first-order chi connectivity index (χ1) is 17.9. The molecule has 0 bridgehead atoms. The third-order valence-corrected chi connectivity index (χ3v) is 6.39. The highest BCUT2D eigenvalue weighted by Gasteiger charge is 2.48. The Morgan fingerprint density at radius 3 is 2.66 bits per heavy atom. The third kappa shape index (κ3) is 5.48. The Balaban J connectivity index is 1.86. The molecule has 1 aliphatic heterocycles. The van der Waals surface area contributed by atoms with Crippen molar-refractivity contribution in [2.75, 3.05) is 5.32 Å². The van der Waals surface area contributed by atoms with Crippen LogP contribution in [0.3, 0.4) is 0 Å². The number of pyridine rings is 1. The SMILES string of the molecule is [2H]C1=C(c2nc(C3CC(C)(C)OC(C)(C(=O)O)C3)ccc2NC(=O)c2ncc(C)[nH]2)C([2H])([2H])C([2H])C(C)(C)C1. The lowest BCUT2D eigenvalue weighted by Gasteiger charge is -2.44. The number of anilines is 1. The van der Waals surface area contributed by atoms with Crippen LogP contribution in [0.2, 0.25) is 0 Å². The van der Waals surface area contributed by atoms with Gasteiger partial charge in [-0.2, -0.15) is 0 Å². The molecule has 3 N–H and O–H groups in total. The van der Waals surface area contributed by atoms with E-state index in [9.17, 15) is 14.7 Å². The highest BCUT2D eigenvalue weighted by molar-refractivity contribution is 6.03. The van der Waals surface area contributed by atoms with E-state index in [2.05, 4.69) is 15.3 Å². The van der Waals surface area contributed by atoms with Crippen LogP contribution in [-0.2, 0) is 9.53 Å². The lowest BCUT2D eigenvalue weighted by molar-refractivity contribution is -0.200. The smallest absolute Gasteiger partial charge is 0.335 e. The average Bonchev–Trinajstić information content (AvgIpc) is 3.23. The number of allylic oxidation sites excluding steroid dienone is 2. The van der Waals surface area contributed by atoms with Crippen molar-refractivity contribution in [3.8, 4) is 0 Å². The summed E-state index contributed by atoms with van der Waals surface area (Å²) in [5.41, 5.74) is -1.62. The van der Waals surface area contributed by atoms with Crippen LogP contribution in [0.4, 0.5) is 5.69 Å². The molecule has 0 aromatic carbocycles. The normalized spacial score (nSPS) is 31.0. The summed E-state index contributed by atoms with van der Waals surface area (Å²) in [6.45, 7) is 10.4. The molecular weight excluding hydrogens is 444 g/mol. The van der Waals surface area contributed by atoms with Gasteiger partial charge in [-0.25, -0.2) is 9.78 Å². The number of amides is 1. The van der Waals surface area contributed by atoms with Crippen molar-refractivity contribution in [1.82, 2.24) is 15.0 Å². The topological polar surface area (TPSA) is 117 Å². The Labute approximate surface area is 212 Å². The lowest BCUT2D eigenvalue weighted by Crippen LogP contribution is -2.51. The molecule has 8 nitrogen and oxygen atoms in total. The first-order valence-corrected chi connectivity index (χ1v) is 11.8. The van der Waals surface area contributed by atoms with E-state index in [0.29, 0.717) is 17.8 Å². The van der Waals surface area contributed by atoms with Gasteiger partial charge >= 0.3 is 5.97 Å². The summed E-state index contributed by atoms with van der Waals surface area (Å²) in [6.07, 6.45) is -1.14. The standard InChI is InChI=1S/C27H36N4O4/c1-16-15-28-22(29-16)23(32)31-20-8-7-19(30-21(20)17-9-11-25(2,3)12-10-17)18-13-26(4,5)35-27(6,14-18)24(33)34/h7-9,15,18H,10-14H2,1-6H3,(H,28,29)(H,31,32)(H,33,34)/i9D,10D2,12D. The number of imidazole rings is 1. The summed E-state index contributed by atoms with van der Waals surface area (Å²) in [4.78, 5) is 36.8. The molecule has 2 aliphatic rings. The number of nitrogens with one attached hydrogen (secondary N) is 2. The van der Waals surface area contributed by atoms with Crippen LogP contribution in [-0.4, -0.2) is 43.1 Å². The summed E-state index contributed by atoms with van der Waals surface area (Å²) < 4.78 is 41.2. The number of carbonyl (C=O) groups is 2. The van der Waals surface area contributed by atoms with Crippen molar-refractivity contribution in [1.29, 1.82) is 0 Å². The molecule has 3 heterocycles. The maximum Gasteiger partial charge on any atom is 0.335 e. The number of carboxylic acid groups (broad SMARTS) is 1. The number of carboxylic acids is 1. The fraction of sp³-hybridized carbons (Fsp3) is 0.556. The zero-order valence-corrected chi connectivity index (χ0v) is 21.1. The van der Waals surface area contributed by atoms with Crippen LogP contribution >= 0.6 is 0 Å². The number of aryl methyl sites for hydroxylation is 1. The molecule has 1 fully saturated rings. The van der Waals surface area contributed by atoms with Crippen LogP contribution in [0.15, 0.2) is 24.4 Å². The molecule has 0 saturated carbocycles. The van der Waals surface area contributed by atoms with Crippen molar-refractivity contribution in [3.05, 3.63) is 47.3 Å². The Morgan fingerprint density at radius 2 is 2.00 bits per heavy atom. The van der Waals surface area contributed by atoms with E-state index in [4.69, 9.17) is 15.2 Å². The van der Waals surface area contributed by atoms with Gasteiger partial charge in [0.25, 0.3) is 5.91 Å². The largest absolute Gasteiger partial charge is 0.479 e. The Morgan fingerprint density at radius 1 is 1.26 bits per heavy atom. The first-order valence-electron chi connectivity index (χ1n) is 13.8. The molecule has 1 amide bonds. The molecule has 188 valence electrons. The van der Waals surface area contributed by atoms with E-state index in [1.807, 2.05) is 13.8 Å². The maximum atomic E-state index is 13.0. The second-order valence-corrected chi connectivity index (χ2v) is 11.0. The number of rotatable bonds is 5. The van der Waals surface area contributed by atoms with Crippen molar-refractivity contribution >= 4 is 23.1 Å². The van der Waals surface area contributed by atoms with Crippen LogP contribution < -0.4 is 5.32 Å².